The third kappa shape index (κ3) is 4.10. The van der Waals surface area contributed by atoms with Crippen molar-refractivity contribution in [3.8, 4) is 0 Å². The maximum Gasteiger partial charge on any atom is 0.0914 e. The highest BCUT2D eigenvalue weighted by Crippen LogP contribution is 2.48. The van der Waals surface area contributed by atoms with Crippen LogP contribution < -0.4 is 0 Å². The zero-order chi connectivity index (χ0) is 18.8. The minimum Gasteiger partial charge on any atom is -0.390 e. The highest BCUT2D eigenvalue weighted by molar-refractivity contribution is 5.16. The van der Waals surface area contributed by atoms with E-state index in [1.807, 2.05) is 13.8 Å². The lowest BCUT2D eigenvalue weighted by Gasteiger charge is -2.61. The van der Waals surface area contributed by atoms with Gasteiger partial charge in [0.15, 0.2) is 0 Å². The van der Waals surface area contributed by atoms with Crippen molar-refractivity contribution < 1.29 is 24.8 Å². The normalized spacial score (nSPS) is 42.1. The molecule has 1 saturated heterocycles. The lowest BCUT2D eigenvalue weighted by atomic mass is 9.59. The number of rotatable bonds is 6. The average Bonchev–Trinajstić information content (AvgIpc) is 2.52. The molecule has 0 radical (unpaired) electrons. The molecular weight excluding hydrogens is 322 g/mol. The molecule has 0 aromatic rings. The highest BCUT2D eigenvalue weighted by atomic mass is 16.5. The monoisotopic (exact) mass is 357 g/mol. The molecule has 146 valence electrons. The van der Waals surface area contributed by atoms with Crippen LogP contribution >= 0.6 is 0 Å². The zero-order valence-electron chi connectivity index (χ0n) is 16.2. The largest absolute Gasteiger partial charge is 0.390 e. The van der Waals surface area contributed by atoms with Gasteiger partial charge < -0.3 is 24.8 Å². The lowest BCUT2D eigenvalue weighted by Crippen LogP contribution is -2.75. The second-order valence-electron chi connectivity index (χ2n) is 8.11. The van der Waals surface area contributed by atoms with E-state index in [4.69, 9.17) is 9.47 Å². The van der Waals surface area contributed by atoms with Crippen LogP contribution in [0.15, 0.2) is 11.6 Å². The summed E-state index contributed by atoms with van der Waals surface area (Å²) >= 11 is 0. The summed E-state index contributed by atoms with van der Waals surface area (Å²) in [6.45, 7) is 7.48. The second-order valence-corrected chi connectivity index (χ2v) is 8.11. The smallest absolute Gasteiger partial charge is 0.0914 e. The lowest BCUT2D eigenvalue weighted by molar-refractivity contribution is -0.265. The van der Waals surface area contributed by atoms with Crippen molar-refractivity contribution in [2.75, 3.05) is 33.9 Å². The number of allylic oxidation sites excluding steroid dienone is 1. The number of aliphatic hydroxyl groups is 3. The van der Waals surface area contributed by atoms with Gasteiger partial charge in [-0.05, 0) is 40.0 Å². The van der Waals surface area contributed by atoms with E-state index in [2.05, 4.69) is 11.0 Å². The Morgan fingerprint density at radius 2 is 1.96 bits per heavy atom. The molecule has 1 heterocycles. The number of hydrogen-bond acceptors (Lipinski definition) is 6. The van der Waals surface area contributed by atoms with E-state index in [1.165, 1.54) is 12.7 Å². The topological polar surface area (TPSA) is 82.4 Å². The highest BCUT2D eigenvalue weighted by Gasteiger charge is 2.62. The number of likely N-dealkylation sites (tertiary alicyclic amines) is 1. The zero-order valence-corrected chi connectivity index (χ0v) is 16.2. The molecular formula is C19H35NO5. The molecule has 1 aliphatic heterocycles. The summed E-state index contributed by atoms with van der Waals surface area (Å²) in [4.78, 5) is 2.13. The Morgan fingerprint density at radius 3 is 2.52 bits per heavy atom. The number of nitrogens with zero attached hydrogens (tertiary/aromatic N) is 1. The fourth-order valence-electron chi connectivity index (χ4n) is 4.81. The quantitative estimate of drug-likeness (QED) is 0.614. The number of fused-ring (bicyclic) bond motifs is 1. The predicted octanol–water partition coefficient (Wildman–Crippen LogP) is 0.941. The Labute approximate surface area is 151 Å². The molecule has 0 amide bonds. The van der Waals surface area contributed by atoms with Gasteiger partial charge in [0.1, 0.15) is 0 Å². The van der Waals surface area contributed by atoms with Crippen LogP contribution in [0.5, 0.6) is 0 Å². The SMILES string of the molecule is COCCN1C[C@@]2(O)CC[C@@H](O)[C@@H](OC)[C@@H]2[C@@](C)(O)[C@@H]1CC=C(C)C. The molecule has 6 atom stereocenters. The van der Waals surface area contributed by atoms with Crippen molar-refractivity contribution in [2.24, 2.45) is 5.92 Å². The number of hydrogen-bond donors (Lipinski definition) is 3. The molecule has 0 aromatic carbocycles. The summed E-state index contributed by atoms with van der Waals surface area (Å²) in [6, 6.07) is -0.175. The van der Waals surface area contributed by atoms with E-state index in [9.17, 15) is 15.3 Å². The molecule has 2 fully saturated rings. The molecule has 1 aliphatic carbocycles. The van der Waals surface area contributed by atoms with Crippen molar-refractivity contribution in [3.05, 3.63) is 11.6 Å². The van der Waals surface area contributed by atoms with E-state index in [1.54, 1.807) is 14.0 Å². The summed E-state index contributed by atoms with van der Waals surface area (Å²) in [5, 5.41) is 33.3. The van der Waals surface area contributed by atoms with E-state index in [0.29, 0.717) is 39.0 Å². The van der Waals surface area contributed by atoms with Crippen molar-refractivity contribution in [2.45, 2.75) is 69.5 Å². The molecule has 2 aliphatic rings. The van der Waals surface area contributed by atoms with Gasteiger partial charge in [-0.1, -0.05) is 11.6 Å². The van der Waals surface area contributed by atoms with Gasteiger partial charge in [0.25, 0.3) is 0 Å². The first-order chi connectivity index (χ1) is 11.7. The molecule has 3 N–H and O–H groups in total. The molecule has 0 spiro atoms. The van der Waals surface area contributed by atoms with Crippen LogP contribution in [-0.2, 0) is 9.47 Å². The van der Waals surface area contributed by atoms with Crippen LogP contribution in [0.4, 0.5) is 0 Å². The summed E-state index contributed by atoms with van der Waals surface area (Å²) in [5.74, 6) is -0.539. The number of piperidine rings is 1. The Hall–Kier alpha value is -0.500. The molecule has 6 nitrogen and oxygen atoms in total. The maximum atomic E-state index is 11.5. The number of aliphatic hydroxyl groups excluding tert-OH is 1. The first kappa shape index (κ1) is 20.8. The Kier molecular flexibility index (Phi) is 6.68. The van der Waals surface area contributed by atoms with Crippen LogP contribution in [0.3, 0.4) is 0 Å². The van der Waals surface area contributed by atoms with Gasteiger partial charge in [-0.15, -0.1) is 0 Å². The fourth-order valence-corrected chi connectivity index (χ4v) is 4.81. The van der Waals surface area contributed by atoms with Gasteiger partial charge in [0, 0.05) is 39.3 Å². The van der Waals surface area contributed by atoms with Gasteiger partial charge >= 0.3 is 0 Å². The minimum absolute atomic E-state index is 0.175. The van der Waals surface area contributed by atoms with Crippen molar-refractivity contribution in [1.29, 1.82) is 0 Å². The van der Waals surface area contributed by atoms with Crippen LogP contribution in [0.2, 0.25) is 0 Å². The third-order valence-corrected chi connectivity index (χ3v) is 5.99. The number of ether oxygens (including phenoxy) is 2. The second kappa shape index (κ2) is 8.03. The van der Waals surface area contributed by atoms with Gasteiger partial charge in [-0.3, -0.25) is 4.90 Å². The molecule has 0 unspecified atom stereocenters. The Balaban J connectivity index is 2.40. The summed E-state index contributed by atoms with van der Waals surface area (Å²) < 4.78 is 10.8. The first-order valence-electron chi connectivity index (χ1n) is 9.19. The molecule has 6 heteroatoms. The van der Waals surface area contributed by atoms with Crippen LogP contribution in [0, 0.1) is 5.92 Å². The molecule has 1 saturated carbocycles. The van der Waals surface area contributed by atoms with E-state index in [-0.39, 0.29) is 6.04 Å². The standard InChI is InChI=1S/C19H35NO5/c1-13(2)6-7-15-18(3,22)17-16(25-5)14(21)8-9-19(17,23)12-20(15)10-11-24-4/h6,14-17,21-23H,7-12H2,1-5H3/t14-,15+,16-,17-,18+,19+/m1/s1. The summed E-state index contributed by atoms with van der Waals surface area (Å²) in [5.41, 5.74) is -1.09. The van der Waals surface area contributed by atoms with E-state index < -0.39 is 29.3 Å². The van der Waals surface area contributed by atoms with Crippen molar-refractivity contribution in [1.82, 2.24) is 4.90 Å². The van der Waals surface area contributed by atoms with Gasteiger partial charge in [0.2, 0.25) is 0 Å². The Bertz CT molecular complexity index is 476. The van der Waals surface area contributed by atoms with Gasteiger partial charge in [-0.25, -0.2) is 0 Å². The summed E-state index contributed by atoms with van der Waals surface area (Å²) in [6.07, 6.45) is 2.47. The van der Waals surface area contributed by atoms with Gasteiger partial charge in [0.05, 0.1) is 30.0 Å². The van der Waals surface area contributed by atoms with Crippen molar-refractivity contribution >= 4 is 0 Å². The molecule has 25 heavy (non-hydrogen) atoms. The summed E-state index contributed by atoms with van der Waals surface area (Å²) in [7, 11) is 3.20. The van der Waals surface area contributed by atoms with Crippen molar-refractivity contribution in [3.63, 3.8) is 0 Å². The first-order valence-corrected chi connectivity index (χ1v) is 9.19. The van der Waals surface area contributed by atoms with E-state index in [0.717, 1.165) is 0 Å². The van der Waals surface area contributed by atoms with Crippen LogP contribution in [-0.4, -0.2) is 83.6 Å². The predicted molar refractivity (Wildman–Crippen MR) is 96.4 cm³/mol. The maximum absolute atomic E-state index is 11.5. The van der Waals surface area contributed by atoms with Gasteiger partial charge in [-0.2, -0.15) is 0 Å². The number of methoxy groups -OCH3 is 2. The molecule has 0 aromatic heterocycles. The average molecular weight is 357 g/mol. The minimum atomic E-state index is -1.20. The molecule has 0 bridgehead atoms. The van der Waals surface area contributed by atoms with E-state index >= 15 is 0 Å². The number of β-amino-alcohol motifs (C(OH)–C–C–N with tert-alkyl or cyclic N) is 1. The third-order valence-electron chi connectivity index (χ3n) is 5.99. The Morgan fingerprint density at radius 1 is 1.28 bits per heavy atom. The molecule has 2 rings (SSSR count). The van der Waals surface area contributed by atoms with Crippen LogP contribution in [0.1, 0.15) is 40.0 Å². The fraction of sp³-hybridized carbons (Fsp3) is 0.895. The van der Waals surface area contributed by atoms with Crippen LogP contribution in [0.25, 0.3) is 0 Å².